The number of aliphatic carboxylic acids is 1. The number of methoxy groups -OCH3 is 1. The van der Waals surface area contributed by atoms with Crippen LogP contribution in [-0.4, -0.2) is 58.0 Å². The number of carbonyl (C=O) groups is 3. The van der Waals surface area contributed by atoms with Crippen LogP contribution in [0.1, 0.15) is 75.0 Å². The number of nitrogens with one attached hydrogen (secondary N) is 1. The minimum Gasteiger partial charge on any atom is -0.497 e. The molecule has 0 aliphatic heterocycles. The molecule has 10 heteroatoms. The van der Waals surface area contributed by atoms with Crippen LogP contribution in [0, 0.1) is 23.6 Å². The fourth-order valence-electron chi connectivity index (χ4n) is 6.95. The molecule has 1 atom stereocenters. The van der Waals surface area contributed by atoms with E-state index in [1.165, 1.54) is 63.3 Å². The number of carboxylic acid groups (broad SMARTS) is 1. The van der Waals surface area contributed by atoms with E-state index in [4.69, 9.17) is 4.74 Å². The molecule has 3 aromatic rings. The van der Waals surface area contributed by atoms with Gasteiger partial charge in [0.15, 0.2) is 5.82 Å². The fraction of sp³-hybridized carbons (Fsp3) is 0.447. The van der Waals surface area contributed by atoms with Gasteiger partial charge in [0.1, 0.15) is 18.1 Å². The van der Waals surface area contributed by atoms with Crippen LogP contribution in [-0.2, 0) is 27.3 Å². The number of amides is 2. The average molecular weight is 657 g/mol. The number of hydrogen-bond acceptors (Lipinski definition) is 6. The summed E-state index contributed by atoms with van der Waals surface area (Å²) in [6.45, 7) is 1.39. The van der Waals surface area contributed by atoms with Crippen molar-refractivity contribution in [3.8, 4) is 17.1 Å². The number of hydrogen-bond donors (Lipinski definition) is 2. The first kappa shape index (κ1) is 34.7. The van der Waals surface area contributed by atoms with Gasteiger partial charge in [-0.1, -0.05) is 62.6 Å². The first-order chi connectivity index (χ1) is 23.2. The summed E-state index contributed by atoms with van der Waals surface area (Å²) >= 11 is 0. The Balaban J connectivity index is 1.13. The zero-order valence-corrected chi connectivity index (χ0v) is 27.8. The van der Waals surface area contributed by atoms with Gasteiger partial charge in [-0.15, -0.1) is 0 Å². The molecule has 1 heterocycles. The van der Waals surface area contributed by atoms with Crippen LogP contribution in [0.15, 0.2) is 60.9 Å². The molecule has 254 valence electrons. The molecule has 0 spiro atoms. The fourth-order valence-corrected chi connectivity index (χ4v) is 6.95. The van der Waals surface area contributed by atoms with Crippen molar-refractivity contribution in [2.24, 2.45) is 17.8 Å². The lowest BCUT2D eigenvalue weighted by Gasteiger charge is -2.35. The Labute approximate surface area is 281 Å². The second kappa shape index (κ2) is 16.5. The second-order valence-electron chi connectivity index (χ2n) is 13.0. The zero-order valence-electron chi connectivity index (χ0n) is 27.8. The van der Waals surface area contributed by atoms with Crippen molar-refractivity contribution < 1.29 is 28.6 Å². The normalized spacial score (nSPS) is 19.2. The first-order valence-electron chi connectivity index (χ1n) is 16.9. The van der Waals surface area contributed by atoms with Gasteiger partial charge in [-0.05, 0) is 72.6 Å². The Hall–Kier alpha value is -4.60. The van der Waals surface area contributed by atoms with Crippen LogP contribution >= 0.6 is 0 Å². The summed E-state index contributed by atoms with van der Waals surface area (Å²) in [6, 6.07) is 11.5. The molecule has 2 aromatic carbocycles. The molecule has 0 saturated heterocycles. The van der Waals surface area contributed by atoms with E-state index in [-0.39, 0.29) is 18.5 Å². The smallest absolute Gasteiger partial charge is 0.323 e. The minimum absolute atomic E-state index is 0.0311. The molecule has 0 radical (unpaired) electrons. The molecule has 5 rings (SSSR count). The average Bonchev–Trinajstić information content (AvgIpc) is 3.11. The van der Waals surface area contributed by atoms with Crippen molar-refractivity contribution in [3.05, 3.63) is 83.4 Å². The van der Waals surface area contributed by atoms with Crippen molar-refractivity contribution in [3.63, 3.8) is 0 Å². The molecule has 2 aliphatic carbocycles. The summed E-state index contributed by atoms with van der Waals surface area (Å²) in [7, 11) is 1.41. The Bertz CT molecular complexity index is 1600. The molecule has 0 bridgehead atoms. The molecule has 1 fully saturated rings. The van der Waals surface area contributed by atoms with Gasteiger partial charge in [-0.25, -0.2) is 14.4 Å². The number of carboxylic acids is 1. The molecule has 1 unspecified atom stereocenters. The highest BCUT2D eigenvalue weighted by Gasteiger charge is 2.28. The Morgan fingerprint density at radius 1 is 0.979 bits per heavy atom. The van der Waals surface area contributed by atoms with Crippen LogP contribution in [0.25, 0.3) is 17.0 Å². The Morgan fingerprint density at radius 3 is 2.31 bits per heavy atom. The molecular formula is C38H45FN4O5. The maximum atomic E-state index is 14.2. The first-order valence-corrected chi connectivity index (χ1v) is 16.9. The van der Waals surface area contributed by atoms with Crippen molar-refractivity contribution in [2.45, 2.75) is 71.3 Å². The highest BCUT2D eigenvalue weighted by Crippen LogP contribution is 2.41. The van der Waals surface area contributed by atoms with E-state index in [0.29, 0.717) is 17.1 Å². The topological polar surface area (TPSA) is 122 Å². The summed E-state index contributed by atoms with van der Waals surface area (Å²) in [6.07, 6.45) is 16.2. The quantitative estimate of drug-likeness (QED) is 0.217. The molecule has 2 aliphatic rings. The summed E-state index contributed by atoms with van der Waals surface area (Å²) in [5, 5.41) is 11.9. The SMILES string of the molecule is CC[C@H]1CC[C@H](C2CC=C(c3cnc(-c4ccc(CN(CC(=O)O)C(=O)CNC(=O)Cc5ccc(OC)cc5F)cc4)nc3)CC2)CC1. The van der Waals surface area contributed by atoms with E-state index >= 15 is 0 Å². The maximum Gasteiger partial charge on any atom is 0.323 e. The van der Waals surface area contributed by atoms with E-state index < -0.39 is 36.7 Å². The van der Waals surface area contributed by atoms with Gasteiger partial charge in [-0.3, -0.25) is 14.4 Å². The number of allylic oxidation sites excluding steroid dienone is 2. The number of aromatic nitrogens is 2. The van der Waals surface area contributed by atoms with Crippen LogP contribution in [0.5, 0.6) is 5.75 Å². The lowest BCUT2D eigenvalue weighted by atomic mass is 9.71. The van der Waals surface area contributed by atoms with Crippen molar-refractivity contribution in [2.75, 3.05) is 20.2 Å². The largest absolute Gasteiger partial charge is 0.497 e. The predicted octanol–water partition coefficient (Wildman–Crippen LogP) is 6.46. The van der Waals surface area contributed by atoms with Crippen LogP contribution < -0.4 is 10.1 Å². The van der Waals surface area contributed by atoms with E-state index in [1.807, 2.05) is 24.5 Å². The Morgan fingerprint density at radius 2 is 1.71 bits per heavy atom. The van der Waals surface area contributed by atoms with Crippen molar-refractivity contribution in [1.82, 2.24) is 20.2 Å². The molecule has 1 saturated carbocycles. The van der Waals surface area contributed by atoms with Crippen molar-refractivity contribution in [1.29, 1.82) is 0 Å². The van der Waals surface area contributed by atoms with Gasteiger partial charge < -0.3 is 20.1 Å². The van der Waals surface area contributed by atoms with Crippen LogP contribution in [0.4, 0.5) is 4.39 Å². The summed E-state index contributed by atoms with van der Waals surface area (Å²) < 4.78 is 19.2. The number of halogens is 1. The molecular weight excluding hydrogens is 611 g/mol. The summed E-state index contributed by atoms with van der Waals surface area (Å²) in [5.41, 5.74) is 4.05. The van der Waals surface area contributed by atoms with Gasteiger partial charge in [0.25, 0.3) is 0 Å². The highest BCUT2D eigenvalue weighted by molar-refractivity contribution is 5.87. The number of carbonyl (C=O) groups excluding carboxylic acids is 2. The Kier molecular flexibility index (Phi) is 11.9. The van der Waals surface area contributed by atoms with E-state index in [0.717, 1.165) is 46.6 Å². The predicted molar refractivity (Wildman–Crippen MR) is 181 cm³/mol. The highest BCUT2D eigenvalue weighted by atomic mass is 19.1. The third-order valence-corrected chi connectivity index (χ3v) is 9.92. The van der Waals surface area contributed by atoms with Gasteiger partial charge in [0.05, 0.1) is 20.1 Å². The monoisotopic (exact) mass is 656 g/mol. The van der Waals surface area contributed by atoms with Gasteiger partial charge in [-0.2, -0.15) is 0 Å². The lowest BCUT2D eigenvalue weighted by Crippen LogP contribution is -2.42. The maximum absolute atomic E-state index is 14.2. The second-order valence-corrected chi connectivity index (χ2v) is 13.0. The van der Waals surface area contributed by atoms with Crippen molar-refractivity contribution >= 4 is 23.4 Å². The van der Waals surface area contributed by atoms with E-state index in [1.54, 1.807) is 18.2 Å². The van der Waals surface area contributed by atoms with Crippen LogP contribution in [0.2, 0.25) is 0 Å². The van der Waals surface area contributed by atoms with Gasteiger partial charge in [0, 0.05) is 36.1 Å². The number of benzene rings is 2. The molecule has 9 nitrogen and oxygen atoms in total. The minimum atomic E-state index is -1.18. The number of rotatable bonds is 13. The zero-order chi connectivity index (χ0) is 34.0. The van der Waals surface area contributed by atoms with Crippen LogP contribution in [0.3, 0.4) is 0 Å². The van der Waals surface area contributed by atoms with Gasteiger partial charge >= 0.3 is 5.97 Å². The lowest BCUT2D eigenvalue weighted by molar-refractivity contribution is -0.144. The number of ether oxygens (including phenoxy) is 1. The third kappa shape index (κ3) is 9.27. The van der Waals surface area contributed by atoms with Gasteiger partial charge in [0.2, 0.25) is 11.8 Å². The summed E-state index contributed by atoms with van der Waals surface area (Å²) in [5.74, 6) is 0.590. The third-order valence-electron chi connectivity index (χ3n) is 9.92. The van der Waals surface area contributed by atoms with E-state index in [9.17, 15) is 23.9 Å². The standard InChI is InChI=1S/C38H45FN4O5/c1-3-25-4-8-27(9-5-25)28-12-14-29(15-13-28)32-20-41-38(42-21-32)30-10-6-26(7-11-30)23-43(24-37(46)47)36(45)22-40-35(44)18-31-16-17-33(48-2)19-34(31)39/h6-7,10-11,14,16-17,19-21,25,27-28H,3-5,8-9,12-13,15,18,22-24H2,1-2H3,(H,40,44)(H,46,47)/t25-,27-,28?. The molecule has 2 N–H and O–H groups in total. The summed E-state index contributed by atoms with van der Waals surface area (Å²) in [4.78, 5) is 47.2. The molecule has 2 amide bonds. The number of nitrogens with zero attached hydrogens (tertiary/aromatic N) is 3. The molecule has 48 heavy (non-hydrogen) atoms. The molecule has 1 aromatic heterocycles. The van der Waals surface area contributed by atoms with E-state index in [2.05, 4.69) is 28.3 Å².